The molecule has 1 saturated carbocycles. The van der Waals surface area contributed by atoms with Crippen LogP contribution in [0.3, 0.4) is 0 Å². The zero-order valence-electron chi connectivity index (χ0n) is 13.1. The van der Waals surface area contributed by atoms with Crippen LogP contribution in [0.15, 0.2) is 46.8 Å². The number of anilines is 1. The van der Waals surface area contributed by atoms with E-state index in [1.165, 1.54) is 34.0 Å². The lowest BCUT2D eigenvalue weighted by atomic mass is 10.2. The third-order valence-corrected chi connectivity index (χ3v) is 6.85. The van der Waals surface area contributed by atoms with E-state index in [4.69, 9.17) is 0 Å². The van der Waals surface area contributed by atoms with Crippen LogP contribution in [0, 0.1) is 5.82 Å². The number of benzene rings is 1. The van der Waals surface area contributed by atoms with Crippen LogP contribution < -0.4 is 9.62 Å². The first-order chi connectivity index (χ1) is 12.0. The summed E-state index contributed by atoms with van der Waals surface area (Å²) in [6.45, 7) is 0.0421. The summed E-state index contributed by atoms with van der Waals surface area (Å²) in [6, 6.07) is 7.53. The van der Waals surface area contributed by atoms with Crippen molar-refractivity contribution in [3.8, 4) is 0 Å². The van der Waals surface area contributed by atoms with Gasteiger partial charge in [-0.2, -0.15) is 0 Å². The molecule has 5 nitrogen and oxygen atoms in total. The van der Waals surface area contributed by atoms with Gasteiger partial charge in [0, 0.05) is 12.2 Å². The van der Waals surface area contributed by atoms with Crippen molar-refractivity contribution < 1.29 is 17.6 Å². The number of hydrogen-bond acceptors (Lipinski definition) is 5. The molecule has 0 atom stereocenters. The van der Waals surface area contributed by atoms with Crippen LogP contribution >= 0.6 is 11.3 Å². The molecule has 1 N–H and O–H groups in total. The maximum Gasteiger partial charge on any atom is 0.270 e. The maximum absolute atomic E-state index is 13.1. The largest absolute Gasteiger partial charge is 0.387 e. The number of Topliss-reactive ketones (excluding diaryl/α,β-unsaturated/α-hetero) is 1. The number of hydrogen-bond donors (Lipinski definition) is 1. The highest BCUT2D eigenvalue weighted by atomic mass is 32.2. The van der Waals surface area contributed by atoms with E-state index in [0.29, 0.717) is 16.1 Å². The number of carbonyl (C=O) groups excluding carboxylic acids is 1. The first kappa shape index (κ1) is 16.3. The van der Waals surface area contributed by atoms with E-state index >= 15 is 0 Å². The van der Waals surface area contributed by atoms with Crippen LogP contribution in [-0.2, 0) is 16.6 Å². The number of sulfonamides is 1. The van der Waals surface area contributed by atoms with Crippen LogP contribution in [0.4, 0.5) is 10.1 Å². The molecule has 1 aliphatic heterocycles. The molecule has 25 heavy (non-hydrogen) atoms. The molecule has 2 aliphatic rings. The summed E-state index contributed by atoms with van der Waals surface area (Å²) in [4.78, 5) is 12.8. The van der Waals surface area contributed by atoms with E-state index in [9.17, 15) is 17.6 Å². The molecule has 1 fully saturated rings. The zero-order valence-corrected chi connectivity index (χ0v) is 14.7. The molecule has 2 heterocycles. The molecule has 0 spiro atoms. The Bertz CT molecular complexity index is 960. The lowest BCUT2D eigenvalue weighted by Gasteiger charge is -2.29. The van der Waals surface area contributed by atoms with Crippen LogP contribution in [0.2, 0.25) is 0 Å². The highest BCUT2D eigenvalue weighted by Crippen LogP contribution is 2.39. The molecule has 0 bridgehead atoms. The molecule has 1 aromatic carbocycles. The van der Waals surface area contributed by atoms with Gasteiger partial charge in [0.1, 0.15) is 10.7 Å². The Morgan fingerprint density at radius 2 is 1.96 bits per heavy atom. The SMILES string of the molecule is O=C1/C(=C/NC2CC2)S(=O)(=O)N(Cc2ccc(F)cc2)c2ccsc21. The van der Waals surface area contributed by atoms with Gasteiger partial charge >= 0.3 is 0 Å². The number of carbonyl (C=O) groups is 1. The van der Waals surface area contributed by atoms with Crippen molar-refractivity contribution in [2.75, 3.05) is 4.31 Å². The average Bonchev–Trinajstić information content (AvgIpc) is 3.27. The van der Waals surface area contributed by atoms with Crippen molar-refractivity contribution in [2.45, 2.75) is 25.4 Å². The lowest BCUT2D eigenvalue weighted by molar-refractivity contribution is 0.104. The van der Waals surface area contributed by atoms with Gasteiger partial charge in [0.15, 0.2) is 4.91 Å². The van der Waals surface area contributed by atoms with Gasteiger partial charge in [-0.05, 0) is 42.0 Å². The van der Waals surface area contributed by atoms with E-state index in [1.807, 2.05) is 0 Å². The summed E-state index contributed by atoms with van der Waals surface area (Å²) in [5.41, 5.74) is 1.02. The summed E-state index contributed by atoms with van der Waals surface area (Å²) < 4.78 is 40.4. The standard InChI is InChI=1S/C17H15FN2O3S2/c18-12-3-1-11(2-4-12)10-20-14-7-8-24-17(14)16(21)15(25(20,22)23)9-19-13-5-6-13/h1-4,7-9,13,19H,5-6,10H2/b15-9-. The Kier molecular flexibility index (Phi) is 3.88. The summed E-state index contributed by atoms with van der Waals surface area (Å²) in [5, 5.41) is 4.69. The monoisotopic (exact) mass is 378 g/mol. The second-order valence-electron chi connectivity index (χ2n) is 6.05. The van der Waals surface area contributed by atoms with E-state index in [0.717, 1.165) is 12.8 Å². The minimum Gasteiger partial charge on any atom is -0.387 e. The van der Waals surface area contributed by atoms with Gasteiger partial charge in [-0.25, -0.2) is 12.8 Å². The Morgan fingerprint density at radius 1 is 1.24 bits per heavy atom. The quantitative estimate of drug-likeness (QED) is 0.831. The molecule has 4 rings (SSSR count). The fraction of sp³-hybridized carbons (Fsp3) is 0.235. The van der Waals surface area contributed by atoms with Gasteiger partial charge in [-0.3, -0.25) is 9.10 Å². The van der Waals surface area contributed by atoms with E-state index in [1.54, 1.807) is 23.6 Å². The predicted molar refractivity (Wildman–Crippen MR) is 94.4 cm³/mol. The van der Waals surface area contributed by atoms with E-state index in [2.05, 4.69) is 5.32 Å². The van der Waals surface area contributed by atoms with Gasteiger partial charge in [0.25, 0.3) is 10.0 Å². The molecule has 0 saturated heterocycles. The van der Waals surface area contributed by atoms with Crippen LogP contribution in [0.25, 0.3) is 0 Å². The van der Waals surface area contributed by atoms with Crippen molar-refractivity contribution in [1.29, 1.82) is 0 Å². The highest BCUT2D eigenvalue weighted by molar-refractivity contribution is 7.97. The second-order valence-corrected chi connectivity index (χ2v) is 8.80. The number of nitrogens with zero attached hydrogens (tertiary/aromatic N) is 1. The third-order valence-electron chi connectivity index (χ3n) is 4.18. The summed E-state index contributed by atoms with van der Waals surface area (Å²) in [5.74, 6) is -0.862. The number of allylic oxidation sites excluding steroid dienone is 1. The summed E-state index contributed by atoms with van der Waals surface area (Å²) >= 11 is 1.22. The number of thiophene rings is 1. The number of nitrogens with one attached hydrogen (secondary N) is 1. The van der Waals surface area contributed by atoms with Crippen molar-refractivity contribution in [1.82, 2.24) is 5.32 Å². The number of halogens is 1. The topological polar surface area (TPSA) is 66.5 Å². The predicted octanol–water partition coefficient (Wildman–Crippen LogP) is 3.01. The molecule has 0 amide bonds. The minimum atomic E-state index is -3.98. The van der Waals surface area contributed by atoms with Gasteiger partial charge in [0.2, 0.25) is 5.78 Å². The molecular weight excluding hydrogens is 363 g/mol. The van der Waals surface area contributed by atoms with Crippen molar-refractivity contribution >= 4 is 32.8 Å². The van der Waals surface area contributed by atoms with Crippen LogP contribution in [0.1, 0.15) is 28.1 Å². The van der Waals surface area contributed by atoms with Crippen molar-refractivity contribution in [2.24, 2.45) is 0 Å². The highest BCUT2D eigenvalue weighted by Gasteiger charge is 2.41. The number of fused-ring (bicyclic) bond motifs is 1. The van der Waals surface area contributed by atoms with Gasteiger partial charge in [-0.1, -0.05) is 12.1 Å². The molecule has 0 radical (unpaired) electrons. The van der Waals surface area contributed by atoms with E-state index < -0.39 is 15.8 Å². The normalized spacial score (nSPS) is 20.6. The average molecular weight is 378 g/mol. The molecule has 130 valence electrons. The van der Waals surface area contributed by atoms with Crippen LogP contribution in [0.5, 0.6) is 0 Å². The Balaban J connectivity index is 1.76. The van der Waals surface area contributed by atoms with Gasteiger partial charge in [0.05, 0.1) is 12.2 Å². The lowest BCUT2D eigenvalue weighted by Crippen LogP contribution is -2.38. The first-order valence-corrected chi connectivity index (χ1v) is 10.1. The first-order valence-electron chi connectivity index (χ1n) is 7.82. The van der Waals surface area contributed by atoms with Crippen LogP contribution in [-0.4, -0.2) is 20.2 Å². The number of ketones is 1. The number of rotatable bonds is 4. The Hall–Kier alpha value is -2.19. The van der Waals surface area contributed by atoms with Crippen molar-refractivity contribution in [3.05, 3.63) is 63.1 Å². The molecule has 1 aliphatic carbocycles. The van der Waals surface area contributed by atoms with E-state index in [-0.39, 0.29) is 23.3 Å². The molecule has 1 aromatic heterocycles. The zero-order chi connectivity index (χ0) is 17.6. The molecular formula is C17H15FN2O3S2. The smallest absolute Gasteiger partial charge is 0.270 e. The molecule has 8 heteroatoms. The second kappa shape index (κ2) is 5.96. The summed E-state index contributed by atoms with van der Waals surface area (Å²) in [7, 11) is -3.98. The van der Waals surface area contributed by atoms with Gasteiger partial charge < -0.3 is 5.32 Å². The van der Waals surface area contributed by atoms with Crippen molar-refractivity contribution in [3.63, 3.8) is 0 Å². The maximum atomic E-state index is 13.1. The molecule has 0 unspecified atom stereocenters. The minimum absolute atomic E-state index is 0.0421. The van der Waals surface area contributed by atoms with Gasteiger partial charge in [-0.15, -0.1) is 11.3 Å². The Labute approximate surface area is 148 Å². The fourth-order valence-corrected chi connectivity index (χ4v) is 5.15. The fourth-order valence-electron chi connectivity index (χ4n) is 2.66. The molecule has 2 aromatic rings. The third kappa shape index (κ3) is 2.96. The summed E-state index contributed by atoms with van der Waals surface area (Å²) in [6.07, 6.45) is 3.28. The Morgan fingerprint density at radius 3 is 2.64 bits per heavy atom.